The molecular formula is C10H15F. The van der Waals surface area contributed by atoms with Gasteiger partial charge in [-0.25, -0.2) is 4.39 Å². The molecule has 0 amide bonds. The predicted molar refractivity (Wildman–Crippen MR) is 48.0 cm³/mol. The lowest BCUT2D eigenvalue weighted by Crippen LogP contribution is -1.96. The van der Waals surface area contributed by atoms with Crippen LogP contribution in [0.2, 0.25) is 0 Å². The summed E-state index contributed by atoms with van der Waals surface area (Å²) >= 11 is 0. The van der Waals surface area contributed by atoms with Gasteiger partial charge in [-0.2, -0.15) is 0 Å². The second-order valence-corrected chi connectivity index (χ2v) is 2.86. The van der Waals surface area contributed by atoms with Gasteiger partial charge in [-0.05, 0) is 24.0 Å². The fraction of sp³-hybridized carbons (Fsp3) is 0.400. The lowest BCUT2D eigenvalue weighted by molar-refractivity contribution is 0.608. The van der Waals surface area contributed by atoms with Gasteiger partial charge >= 0.3 is 0 Å². The lowest BCUT2D eigenvalue weighted by Gasteiger charge is -2.10. The molecule has 0 N–H and O–H groups in total. The maximum Gasteiger partial charge on any atom is 0.119 e. The minimum atomic E-state index is -0.350. The van der Waals surface area contributed by atoms with Crippen LogP contribution in [0.1, 0.15) is 20.8 Å². The Morgan fingerprint density at radius 3 is 2.00 bits per heavy atom. The number of rotatable bonds is 3. The van der Waals surface area contributed by atoms with E-state index in [1.807, 2.05) is 20.8 Å². The quantitative estimate of drug-likeness (QED) is 0.544. The minimum Gasteiger partial charge on any atom is -0.207 e. The van der Waals surface area contributed by atoms with Crippen LogP contribution in [0.4, 0.5) is 4.39 Å². The highest BCUT2D eigenvalue weighted by atomic mass is 19.1. The van der Waals surface area contributed by atoms with Crippen molar-refractivity contribution >= 4 is 0 Å². The summed E-state index contributed by atoms with van der Waals surface area (Å²) in [4.78, 5) is 0. The van der Waals surface area contributed by atoms with E-state index in [4.69, 9.17) is 0 Å². The van der Waals surface area contributed by atoms with Crippen molar-refractivity contribution in [3.8, 4) is 0 Å². The van der Waals surface area contributed by atoms with Crippen LogP contribution in [-0.4, -0.2) is 0 Å². The Labute approximate surface area is 68.1 Å². The number of hydrogen-bond acceptors (Lipinski definition) is 0. The SMILES string of the molecule is C=C/C(C)=C(\C(=C)F)C(C)C. The Morgan fingerprint density at radius 1 is 1.45 bits per heavy atom. The van der Waals surface area contributed by atoms with E-state index in [0.717, 1.165) is 5.57 Å². The Hall–Kier alpha value is -0.850. The molecule has 0 fully saturated rings. The topological polar surface area (TPSA) is 0 Å². The monoisotopic (exact) mass is 154 g/mol. The van der Waals surface area contributed by atoms with Gasteiger partial charge in [0.2, 0.25) is 0 Å². The average Bonchev–Trinajstić information content (AvgIpc) is 1.85. The molecule has 0 saturated carbocycles. The van der Waals surface area contributed by atoms with Gasteiger partial charge in [-0.1, -0.05) is 33.1 Å². The van der Waals surface area contributed by atoms with Crippen molar-refractivity contribution in [3.05, 3.63) is 36.2 Å². The third-order valence-corrected chi connectivity index (χ3v) is 1.60. The van der Waals surface area contributed by atoms with Gasteiger partial charge in [0, 0.05) is 0 Å². The highest BCUT2D eigenvalue weighted by Gasteiger charge is 2.08. The number of allylic oxidation sites excluding steroid dienone is 4. The lowest BCUT2D eigenvalue weighted by atomic mass is 9.97. The maximum absolute atomic E-state index is 12.8. The fourth-order valence-corrected chi connectivity index (χ4v) is 1.09. The van der Waals surface area contributed by atoms with Crippen LogP contribution in [0.25, 0.3) is 0 Å². The summed E-state index contributed by atoms with van der Waals surface area (Å²) < 4.78 is 12.8. The van der Waals surface area contributed by atoms with Crippen molar-refractivity contribution in [3.63, 3.8) is 0 Å². The molecule has 0 atom stereocenters. The first-order valence-corrected chi connectivity index (χ1v) is 3.68. The molecule has 0 aromatic carbocycles. The van der Waals surface area contributed by atoms with Crippen LogP contribution in [0, 0.1) is 5.92 Å². The molecule has 62 valence electrons. The van der Waals surface area contributed by atoms with E-state index in [-0.39, 0.29) is 11.7 Å². The van der Waals surface area contributed by atoms with Crippen molar-refractivity contribution in [1.82, 2.24) is 0 Å². The van der Waals surface area contributed by atoms with Crippen LogP contribution in [-0.2, 0) is 0 Å². The highest BCUT2D eigenvalue weighted by molar-refractivity contribution is 5.34. The zero-order chi connectivity index (χ0) is 9.02. The van der Waals surface area contributed by atoms with Crippen LogP contribution in [0.15, 0.2) is 36.2 Å². The summed E-state index contributed by atoms with van der Waals surface area (Å²) in [6.45, 7) is 12.6. The third kappa shape index (κ3) is 2.71. The molecule has 0 aliphatic rings. The van der Waals surface area contributed by atoms with Crippen molar-refractivity contribution in [2.24, 2.45) is 5.92 Å². The van der Waals surface area contributed by atoms with Crippen molar-refractivity contribution in [2.75, 3.05) is 0 Å². The van der Waals surface area contributed by atoms with Crippen molar-refractivity contribution in [1.29, 1.82) is 0 Å². The van der Waals surface area contributed by atoms with E-state index in [9.17, 15) is 4.39 Å². The first-order valence-electron chi connectivity index (χ1n) is 3.68. The largest absolute Gasteiger partial charge is 0.207 e. The predicted octanol–water partition coefficient (Wildman–Crippen LogP) is 3.63. The number of hydrogen-bond donors (Lipinski definition) is 0. The Bertz CT molecular complexity index is 197. The van der Waals surface area contributed by atoms with E-state index in [0.29, 0.717) is 5.57 Å². The molecule has 0 saturated heterocycles. The molecule has 11 heavy (non-hydrogen) atoms. The molecule has 0 bridgehead atoms. The standard InChI is InChI=1S/C10H15F/c1-6-8(4)10(7(2)3)9(5)11/h6-7H,1,5H2,2-4H3/b10-8-. The normalized spacial score (nSPS) is 12.8. The van der Waals surface area contributed by atoms with Gasteiger partial charge < -0.3 is 0 Å². The molecule has 0 aromatic heterocycles. The Balaban J connectivity index is 4.87. The molecular weight excluding hydrogens is 139 g/mol. The summed E-state index contributed by atoms with van der Waals surface area (Å²) in [5.41, 5.74) is 1.53. The minimum absolute atomic E-state index is 0.172. The van der Waals surface area contributed by atoms with Gasteiger partial charge in [-0.3, -0.25) is 0 Å². The van der Waals surface area contributed by atoms with Gasteiger partial charge in [0.05, 0.1) is 0 Å². The summed E-state index contributed by atoms with van der Waals surface area (Å²) in [5.74, 6) is -0.178. The first kappa shape index (κ1) is 10.2. The van der Waals surface area contributed by atoms with Crippen LogP contribution in [0.5, 0.6) is 0 Å². The smallest absolute Gasteiger partial charge is 0.119 e. The molecule has 0 rings (SSSR count). The summed E-state index contributed by atoms with van der Waals surface area (Å²) in [6.07, 6.45) is 1.65. The van der Waals surface area contributed by atoms with Crippen LogP contribution in [0.3, 0.4) is 0 Å². The van der Waals surface area contributed by atoms with E-state index >= 15 is 0 Å². The second-order valence-electron chi connectivity index (χ2n) is 2.86. The van der Waals surface area contributed by atoms with Gasteiger partial charge in [-0.15, -0.1) is 0 Å². The van der Waals surface area contributed by atoms with Crippen LogP contribution >= 0.6 is 0 Å². The summed E-state index contributed by atoms with van der Waals surface area (Å²) in [5, 5.41) is 0. The molecule has 0 spiro atoms. The highest BCUT2D eigenvalue weighted by Crippen LogP contribution is 2.23. The molecule has 0 heterocycles. The van der Waals surface area contributed by atoms with Crippen molar-refractivity contribution < 1.29 is 4.39 Å². The Morgan fingerprint density at radius 2 is 1.91 bits per heavy atom. The van der Waals surface area contributed by atoms with Gasteiger partial charge in [0.25, 0.3) is 0 Å². The van der Waals surface area contributed by atoms with E-state index < -0.39 is 0 Å². The van der Waals surface area contributed by atoms with E-state index in [1.54, 1.807) is 6.08 Å². The second kappa shape index (κ2) is 4.12. The zero-order valence-corrected chi connectivity index (χ0v) is 7.45. The van der Waals surface area contributed by atoms with Crippen molar-refractivity contribution in [2.45, 2.75) is 20.8 Å². The molecule has 1 heteroatoms. The third-order valence-electron chi connectivity index (χ3n) is 1.60. The van der Waals surface area contributed by atoms with E-state index in [2.05, 4.69) is 13.2 Å². The maximum atomic E-state index is 12.8. The zero-order valence-electron chi connectivity index (χ0n) is 7.45. The molecule has 0 nitrogen and oxygen atoms in total. The Kier molecular flexibility index (Phi) is 3.80. The molecule has 0 unspecified atom stereocenters. The molecule has 0 aromatic rings. The molecule has 0 radical (unpaired) electrons. The molecule has 0 aliphatic carbocycles. The van der Waals surface area contributed by atoms with Gasteiger partial charge in [0.15, 0.2) is 0 Å². The van der Waals surface area contributed by atoms with Gasteiger partial charge in [0.1, 0.15) is 5.83 Å². The van der Waals surface area contributed by atoms with Crippen LogP contribution < -0.4 is 0 Å². The first-order chi connectivity index (χ1) is 5.00. The fourth-order valence-electron chi connectivity index (χ4n) is 1.09. The molecule has 0 aliphatic heterocycles. The average molecular weight is 154 g/mol. The number of halogens is 1. The van der Waals surface area contributed by atoms with E-state index in [1.165, 1.54) is 0 Å². The summed E-state index contributed by atoms with van der Waals surface area (Å²) in [6, 6.07) is 0. The summed E-state index contributed by atoms with van der Waals surface area (Å²) in [7, 11) is 0.